The van der Waals surface area contributed by atoms with Gasteiger partial charge < -0.3 is 30.3 Å². The molecule has 2 aromatic rings. The summed E-state index contributed by atoms with van der Waals surface area (Å²) < 4.78 is 6.74. The Morgan fingerprint density at radius 3 is 2.33 bits per heavy atom. The van der Waals surface area contributed by atoms with E-state index in [9.17, 15) is 19.5 Å². The molecule has 9 nitrogen and oxygen atoms in total. The summed E-state index contributed by atoms with van der Waals surface area (Å²) >= 11 is 0. The number of likely N-dealkylation sites (tertiary alicyclic amines) is 1. The smallest absolute Gasteiger partial charge is 0.250 e. The van der Waals surface area contributed by atoms with Gasteiger partial charge in [0.05, 0.1) is 30.1 Å². The van der Waals surface area contributed by atoms with E-state index >= 15 is 0 Å². The van der Waals surface area contributed by atoms with E-state index in [1.54, 1.807) is 4.90 Å². The van der Waals surface area contributed by atoms with E-state index in [4.69, 9.17) is 4.74 Å². The van der Waals surface area contributed by atoms with Gasteiger partial charge in [-0.05, 0) is 69.4 Å². The van der Waals surface area contributed by atoms with Gasteiger partial charge in [-0.2, -0.15) is 0 Å². The van der Waals surface area contributed by atoms with Crippen molar-refractivity contribution in [3.8, 4) is 0 Å². The molecule has 2 aromatic carbocycles. The van der Waals surface area contributed by atoms with Gasteiger partial charge in [0, 0.05) is 31.0 Å². The number of aliphatic hydroxyl groups excluding tert-OH is 1. The Balaban J connectivity index is 1.47. The molecule has 3 heterocycles. The molecule has 3 aliphatic heterocycles. The Bertz CT molecular complexity index is 1320. The largest absolute Gasteiger partial charge is 0.394 e. The SMILES string of the molecule is CC[C@H](C)[C@H](CO)N1C(=O)[C@@H]2[C@@H](C(=O)NCc3ccccc3)[C@@]3(C)CCC2(O3)C1C(=O)Nc1ccc(N(CC)CC)cc1. The monoisotopic (exact) mass is 590 g/mol. The number of hydrogen-bond acceptors (Lipinski definition) is 6. The van der Waals surface area contributed by atoms with Crippen LogP contribution in [-0.2, 0) is 25.7 Å². The molecule has 3 aliphatic rings. The van der Waals surface area contributed by atoms with E-state index in [1.165, 1.54) is 0 Å². The summed E-state index contributed by atoms with van der Waals surface area (Å²) in [5, 5.41) is 16.6. The fourth-order valence-corrected chi connectivity index (χ4v) is 7.69. The lowest BCUT2D eigenvalue weighted by Gasteiger charge is -2.39. The standard InChI is InChI=1S/C34H46N4O5/c1-6-22(4)26(21-39)38-29(31(41)36-24-14-16-25(17-15-24)37(7-2)8-3)34-19-18-33(5,43-34)27(28(34)32(38)42)30(40)35-20-23-12-10-9-11-13-23/h9-17,22,26-29,39H,6-8,18-21H2,1-5H3,(H,35,40)(H,36,41)/t22-,26-,27-,28-,29?,33+,34?/m0/s1. The fourth-order valence-electron chi connectivity index (χ4n) is 7.69. The van der Waals surface area contributed by atoms with Crippen LogP contribution < -0.4 is 15.5 Å². The van der Waals surface area contributed by atoms with Crippen LogP contribution in [0.15, 0.2) is 54.6 Å². The number of hydrogen-bond donors (Lipinski definition) is 3. The van der Waals surface area contributed by atoms with E-state index in [0.717, 1.165) is 24.3 Å². The van der Waals surface area contributed by atoms with Crippen LogP contribution in [0.3, 0.4) is 0 Å². The summed E-state index contributed by atoms with van der Waals surface area (Å²) in [6.07, 6.45) is 1.76. The van der Waals surface area contributed by atoms with Gasteiger partial charge in [-0.3, -0.25) is 14.4 Å². The van der Waals surface area contributed by atoms with Crippen LogP contribution in [0, 0.1) is 17.8 Å². The first kappa shape index (κ1) is 31.0. The zero-order valence-corrected chi connectivity index (χ0v) is 26.0. The van der Waals surface area contributed by atoms with Gasteiger partial charge in [-0.15, -0.1) is 0 Å². The second-order valence-corrected chi connectivity index (χ2v) is 12.5. The number of carbonyl (C=O) groups excluding carboxylic acids is 3. The predicted molar refractivity (Wildman–Crippen MR) is 166 cm³/mol. The third kappa shape index (κ3) is 5.31. The van der Waals surface area contributed by atoms with Crippen molar-refractivity contribution in [2.75, 3.05) is 29.9 Å². The Morgan fingerprint density at radius 2 is 1.72 bits per heavy atom. The molecule has 0 radical (unpaired) electrons. The third-order valence-corrected chi connectivity index (χ3v) is 10.2. The molecule has 3 N–H and O–H groups in total. The summed E-state index contributed by atoms with van der Waals surface area (Å²) in [6, 6.07) is 15.8. The van der Waals surface area contributed by atoms with Crippen molar-refractivity contribution in [1.29, 1.82) is 0 Å². The predicted octanol–water partition coefficient (Wildman–Crippen LogP) is 3.96. The first-order valence-electron chi connectivity index (χ1n) is 15.7. The number of carbonyl (C=O) groups is 3. The van der Waals surface area contributed by atoms with E-state index in [2.05, 4.69) is 29.4 Å². The Labute approximate surface area is 255 Å². The highest BCUT2D eigenvalue weighted by atomic mass is 16.5. The van der Waals surface area contributed by atoms with Crippen LogP contribution in [-0.4, -0.2) is 70.7 Å². The molecule has 2 unspecified atom stereocenters. The van der Waals surface area contributed by atoms with Crippen molar-refractivity contribution in [3.63, 3.8) is 0 Å². The first-order chi connectivity index (χ1) is 20.6. The van der Waals surface area contributed by atoms with Crippen LogP contribution in [0.1, 0.15) is 59.4 Å². The molecule has 5 rings (SSSR count). The van der Waals surface area contributed by atoms with Gasteiger partial charge in [0.2, 0.25) is 17.7 Å². The summed E-state index contributed by atoms with van der Waals surface area (Å²) in [5.74, 6) is -2.53. The number of amides is 3. The van der Waals surface area contributed by atoms with Crippen molar-refractivity contribution < 1.29 is 24.2 Å². The number of fused-ring (bicyclic) bond motifs is 1. The van der Waals surface area contributed by atoms with Gasteiger partial charge >= 0.3 is 0 Å². The van der Waals surface area contributed by atoms with Crippen LogP contribution in [0.4, 0.5) is 11.4 Å². The molecule has 9 heteroatoms. The third-order valence-electron chi connectivity index (χ3n) is 10.2. The molecule has 1 spiro atoms. The second-order valence-electron chi connectivity index (χ2n) is 12.5. The lowest BCUT2D eigenvalue weighted by molar-refractivity contribution is -0.149. The number of nitrogens with one attached hydrogen (secondary N) is 2. The maximum absolute atomic E-state index is 14.4. The Morgan fingerprint density at radius 1 is 1.05 bits per heavy atom. The molecule has 0 saturated carbocycles. The van der Waals surface area contributed by atoms with Crippen molar-refractivity contribution in [3.05, 3.63) is 60.2 Å². The highest BCUT2D eigenvalue weighted by Gasteiger charge is 2.78. The number of ether oxygens (including phenoxy) is 1. The van der Waals surface area contributed by atoms with Crippen LogP contribution in [0.5, 0.6) is 0 Å². The lowest BCUT2D eigenvalue weighted by atomic mass is 9.66. The minimum Gasteiger partial charge on any atom is -0.394 e. The first-order valence-corrected chi connectivity index (χ1v) is 15.7. The van der Waals surface area contributed by atoms with Gasteiger partial charge in [0.1, 0.15) is 11.6 Å². The summed E-state index contributed by atoms with van der Waals surface area (Å²) in [4.78, 5) is 46.3. The molecular weight excluding hydrogens is 544 g/mol. The number of rotatable bonds is 12. The summed E-state index contributed by atoms with van der Waals surface area (Å²) in [5.41, 5.74) is 0.606. The van der Waals surface area contributed by atoms with Crippen molar-refractivity contribution >= 4 is 29.1 Å². The molecule has 3 fully saturated rings. The molecule has 7 atom stereocenters. The Kier molecular flexibility index (Phi) is 8.86. The van der Waals surface area contributed by atoms with Crippen molar-refractivity contribution in [2.24, 2.45) is 17.8 Å². The summed E-state index contributed by atoms with van der Waals surface area (Å²) in [7, 11) is 0. The quantitative estimate of drug-likeness (QED) is 0.345. The molecule has 43 heavy (non-hydrogen) atoms. The minimum atomic E-state index is -1.16. The van der Waals surface area contributed by atoms with E-state index in [1.807, 2.05) is 75.4 Å². The normalized spacial score (nSPS) is 28.8. The number of anilines is 2. The molecule has 3 saturated heterocycles. The fraction of sp³-hybridized carbons (Fsp3) is 0.559. The van der Waals surface area contributed by atoms with Gasteiger partial charge in [-0.25, -0.2) is 0 Å². The Hall–Kier alpha value is -3.43. The molecule has 232 valence electrons. The second kappa shape index (κ2) is 12.3. The zero-order valence-electron chi connectivity index (χ0n) is 26.0. The van der Waals surface area contributed by atoms with E-state index in [0.29, 0.717) is 31.5 Å². The molecular formula is C34H46N4O5. The molecule has 0 aromatic heterocycles. The molecule has 0 aliphatic carbocycles. The molecule has 2 bridgehead atoms. The van der Waals surface area contributed by atoms with Gasteiger partial charge in [-0.1, -0.05) is 50.6 Å². The van der Waals surface area contributed by atoms with Crippen molar-refractivity contribution in [2.45, 2.75) is 83.7 Å². The maximum atomic E-state index is 14.4. The van der Waals surface area contributed by atoms with Crippen LogP contribution >= 0.6 is 0 Å². The highest BCUT2D eigenvalue weighted by molar-refractivity contribution is 6.04. The van der Waals surface area contributed by atoms with E-state index < -0.39 is 35.1 Å². The number of benzene rings is 2. The average molecular weight is 591 g/mol. The topological polar surface area (TPSA) is 111 Å². The maximum Gasteiger partial charge on any atom is 0.250 e. The van der Waals surface area contributed by atoms with Crippen LogP contribution in [0.25, 0.3) is 0 Å². The van der Waals surface area contributed by atoms with Gasteiger partial charge in [0.25, 0.3) is 0 Å². The van der Waals surface area contributed by atoms with Crippen LogP contribution in [0.2, 0.25) is 0 Å². The number of aliphatic hydroxyl groups is 1. The number of nitrogens with zero attached hydrogens (tertiary/aromatic N) is 2. The minimum absolute atomic E-state index is 0.0639. The van der Waals surface area contributed by atoms with E-state index in [-0.39, 0.29) is 30.2 Å². The average Bonchev–Trinajstić information content (AvgIpc) is 3.59. The summed E-state index contributed by atoms with van der Waals surface area (Å²) in [6.45, 7) is 11.9. The highest BCUT2D eigenvalue weighted by Crippen LogP contribution is 2.63. The zero-order chi connectivity index (χ0) is 30.9. The molecule has 3 amide bonds. The lowest BCUT2D eigenvalue weighted by Crippen LogP contribution is -2.57. The van der Waals surface area contributed by atoms with Gasteiger partial charge in [0.15, 0.2) is 0 Å². The van der Waals surface area contributed by atoms with Crippen molar-refractivity contribution in [1.82, 2.24) is 10.2 Å².